The first kappa shape index (κ1) is 14.2. The van der Waals surface area contributed by atoms with E-state index in [1.807, 2.05) is 24.4 Å². The van der Waals surface area contributed by atoms with E-state index >= 15 is 0 Å². The number of aryl methyl sites for hydroxylation is 1. The van der Waals surface area contributed by atoms with E-state index in [-0.39, 0.29) is 0 Å². The maximum atomic E-state index is 6.03. The van der Waals surface area contributed by atoms with Gasteiger partial charge in [-0.3, -0.25) is 0 Å². The van der Waals surface area contributed by atoms with E-state index in [0.717, 1.165) is 22.6 Å². The molecule has 1 heterocycles. The van der Waals surface area contributed by atoms with E-state index < -0.39 is 0 Å². The Morgan fingerprint density at radius 1 is 1.00 bits per heavy atom. The summed E-state index contributed by atoms with van der Waals surface area (Å²) >= 11 is 12.0. The Morgan fingerprint density at radius 3 is 2.48 bits per heavy atom. The number of aromatic amines is 1. The van der Waals surface area contributed by atoms with Crippen molar-refractivity contribution >= 4 is 23.2 Å². The van der Waals surface area contributed by atoms with Crippen molar-refractivity contribution in [3.8, 4) is 11.3 Å². The van der Waals surface area contributed by atoms with Crippen LogP contribution in [0.4, 0.5) is 0 Å². The third kappa shape index (κ3) is 3.29. The number of rotatable bonds is 3. The molecule has 4 heteroatoms. The fraction of sp³-hybridized carbons (Fsp3) is 0.118. The fourth-order valence-electron chi connectivity index (χ4n) is 2.18. The van der Waals surface area contributed by atoms with Crippen LogP contribution in [0.25, 0.3) is 11.3 Å². The van der Waals surface area contributed by atoms with Gasteiger partial charge in [0.05, 0.1) is 21.9 Å². The molecule has 0 saturated carbocycles. The summed E-state index contributed by atoms with van der Waals surface area (Å²) in [6.07, 6.45) is 2.56. The molecule has 0 saturated heterocycles. The Kier molecular flexibility index (Phi) is 4.00. The SMILES string of the molecule is Cc1ccc(-c2cnc(Cc3ccc(Cl)c(Cl)c3)[nH]2)cc1. The van der Waals surface area contributed by atoms with E-state index in [9.17, 15) is 0 Å². The smallest absolute Gasteiger partial charge is 0.110 e. The van der Waals surface area contributed by atoms with Crippen LogP contribution in [0.5, 0.6) is 0 Å². The van der Waals surface area contributed by atoms with Crippen LogP contribution < -0.4 is 0 Å². The molecule has 0 amide bonds. The molecule has 3 aromatic rings. The molecule has 0 radical (unpaired) electrons. The lowest BCUT2D eigenvalue weighted by molar-refractivity contribution is 1.03. The monoisotopic (exact) mass is 316 g/mol. The maximum Gasteiger partial charge on any atom is 0.110 e. The molecule has 2 aromatic carbocycles. The molecule has 0 fully saturated rings. The van der Waals surface area contributed by atoms with Crippen molar-refractivity contribution in [1.29, 1.82) is 0 Å². The molecule has 1 aromatic heterocycles. The zero-order chi connectivity index (χ0) is 14.8. The number of H-pyrrole nitrogens is 1. The quantitative estimate of drug-likeness (QED) is 0.699. The average molecular weight is 317 g/mol. The van der Waals surface area contributed by atoms with E-state index in [1.54, 1.807) is 0 Å². The first-order valence-corrected chi connectivity index (χ1v) is 7.42. The minimum Gasteiger partial charge on any atom is -0.342 e. The highest BCUT2D eigenvalue weighted by molar-refractivity contribution is 6.42. The molecule has 2 nitrogen and oxygen atoms in total. The van der Waals surface area contributed by atoms with Gasteiger partial charge in [0.15, 0.2) is 0 Å². The summed E-state index contributed by atoms with van der Waals surface area (Å²) in [6.45, 7) is 2.08. The normalized spacial score (nSPS) is 10.8. The van der Waals surface area contributed by atoms with Gasteiger partial charge in [0.2, 0.25) is 0 Å². The highest BCUT2D eigenvalue weighted by Crippen LogP contribution is 2.24. The van der Waals surface area contributed by atoms with Crippen LogP contribution in [-0.4, -0.2) is 9.97 Å². The maximum absolute atomic E-state index is 6.03. The number of nitrogens with zero attached hydrogens (tertiary/aromatic N) is 1. The summed E-state index contributed by atoms with van der Waals surface area (Å²) in [5.74, 6) is 0.906. The molecule has 106 valence electrons. The number of nitrogens with one attached hydrogen (secondary N) is 1. The van der Waals surface area contributed by atoms with E-state index in [4.69, 9.17) is 23.2 Å². The van der Waals surface area contributed by atoms with Crippen molar-refractivity contribution in [1.82, 2.24) is 9.97 Å². The van der Waals surface area contributed by atoms with Crippen molar-refractivity contribution in [2.45, 2.75) is 13.3 Å². The van der Waals surface area contributed by atoms with Crippen LogP contribution in [0.15, 0.2) is 48.7 Å². The van der Waals surface area contributed by atoms with Crippen molar-refractivity contribution in [3.63, 3.8) is 0 Å². The minimum absolute atomic E-state index is 0.569. The molecule has 21 heavy (non-hydrogen) atoms. The Bertz CT molecular complexity index is 761. The molecule has 0 spiro atoms. The Morgan fingerprint density at radius 2 is 1.76 bits per heavy atom. The van der Waals surface area contributed by atoms with E-state index in [2.05, 4.69) is 41.2 Å². The van der Waals surface area contributed by atoms with Gasteiger partial charge < -0.3 is 4.98 Å². The van der Waals surface area contributed by atoms with Crippen LogP contribution in [0.2, 0.25) is 10.0 Å². The predicted octanol–water partition coefficient (Wildman–Crippen LogP) is 5.28. The lowest BCUT2D eigenvalue weighted by atomic mass is 10.1. The van der Waals surface area contributed by atoms with Gasteiger partial charge in [0.25, 0.3) is 0 Å². The van der Waals surface area contributed by atoms with Crippen molar-refractivity contribution in [2.75, 3.05) is 0 Å². The third-order valence-corrected chi connectivity index (χ3v) is 4.09. The number of imidazole rings is 1. The second-order valence-electron chi connectivity index (χ2n) is 5.03. The molecule has 0 aliphatic rings. The Labute approximate surface area is 133 Å². The molecule has 0 bridgehead atoms. The highest BCUT2D eigenvalue weighted by atomic mass is 35.5. The molecule has 3 rings (SSSR count). The number of hydrogen-bond donors (Lipinski definition) is 1. The van der Waals surface area contributed by atoms with Gasteiger partial charge in [0.1, 0.15) is 5.82 Å². The second kappa shape index (κ2) is 5.92. The Hall–Kier alpha value is -1.77. The van der Waals surface area contributed by atoms with Crippen LogP contribution in [0, 0.1) is 6.92 Å². The van der Waals surface area contributed by atoms with Gasteiger partial charge in [-0.15, -0.1) is 0 Å². The average Bonchev–Trinajstić information content (AvgIpc) is 2.92. The summed E-state index contributed by atoms with van der Waals surface area (Å²) in [5.41, 5.74) is 4.47. The number of hydrogen-bond acceptors (Lipinski definition) is 1. The summed E-state index contributed by atoms with van der Waals surface area (Å²) < 4.78 is 0. The zero-order valence-corrected chi connectivity index (χ0v) is 13.0. The standard InChI is InChI=1S/C17H14Cl2N2/c1-11-2-5-13(6-3-11)16-10-20-17(21-16)9-12-4-7-14(18)15(19)8-12/h2-8,10H,9H2,1H3,(H,20,21). The van der Waals surface area contributed by atoms with Gasteiger partial charge in [-0.25, -0.2) is 4.98 Å². The third-order valence-electron chi connectivity index (χ3n) is 3.35. The van der Waals surface area contributed by atoms with E-state index in [0.29, 0.717) is 16.5 Å². The molecule has 0 aliphatic heterocycles. The highest BCUT2D eigenvalue weighted by Gasteiger charge is 2.06. The van der Waals surface area contributed by atoms with Crippen LogP contribution >= 0.6 is 23.2 Å². The molecule has 0 aliphatic carbocycles. The van der Waals surface area contributed by atoms with Crippen LogP contribution in [-0.2, 0) is 6.42 Å². The lowest BCUT2D eigenvalue weighted by Gasteiger charge is -2.01. The van der Waals surface area contributed by atoms with Crippen molar-refractivity contribution < 1.29 is 0 Å². The summed E-state index contributed by atoms with van der Waals surface area (Å²) in [7, 11) is 0. The largest absolute Gasteiger partial charge is 0.342 e. The Balaban J connectivity index is 1.81. The summed E-state index contributed by atoms with van der Waals surface area (Å²) in [6, 6.07) is 14.0. The molecular weight excluding hydrogens is 303 g/mol. The van der Waals surface area contributed by atoms with Gasteiger partial charge in [-0.05, 0) is 30.2 Å². The summed E-state index contributed by atoms with van der Waals surface area (Å²) in [4.78, 5) is 7.78. The minimum atomic E-state index is 0.569. The fourth-order valence-corrected chi connectivity index (χ4v) is 2.50. The molecule has 1 N–H and O–H groups in total. The molecular formula is C17H14Cl2N2. The predicted molar refractivity (Wildman–Crippen MR) is 88.0 cm³/mol. The van der Waals surface area contributed by atoms with E-state index in [1.165, 1.54) is 5.56 Å². The second-order valence-corrected chi connectivity index (χ2v) is 5.85. The van der Waals surface area contributed by atoms with Gasteiger partial charge in [0, 0.05) is 6.42 Å². The topological polar surface area (TPSA) is 28.7 Å². The molecule has 0 unspecified atom stereocenters. The van der Waals surface area contributed by atoms with Crippen molar-refractivity contribution in [2.24, 2.45) is 0 Å². The van der Waals surface area contributed by atoms with Crippen molar-refractivity contribution in [3.05, 3.63) is 75.7 Å². The number of aromatic nitrogens is 2. The van der Waals surface area contributed by atoms with Gasteiger partial charge in [-0.1, -0.05) is 59.1 Å². The first-order chi connectivity index (χ1) is 10.1. The zero-order valence-electron chi connectivity index (χ0n) is 11.5. The summed E-state index contributed by atoms with van der Waals surface area (Å²) in [5, 5.41) is 1.14. The van der Waals surface area contributed by atoms with Gasteiger partial charge in [-0.2, -0.15) is 0 Å². The van der Waals surface area contributed by atoms with Crippen LogP contribution in [0.1, 0.15) is 17.0 Å². The number of benzene rings is 2. The number of halogens is 2. The molecule has 0 atom stereocenters. The van der Waals surface area contributed by atoms with Crippen LogP contribution in [0.3, 0.4) is 0 Å². The first-order valence-electron chi connectivity index (χ1n) is 6.66. The lowest BCUT2D eigenvalue weighted by Crippen LogP contribution is -1.91. The van der Waals surface area contributed by atoms with Gasteiger partial charge >= 0.3 is 0 Å².